The summed E-state index contributed by atoms with van der Waals surface area (Å²) in [6, 6.07) is 18.1. The SMILES string of the molecule is COc1c(OC)c(CO)c2nc3cc(C)ccc3cc2c1Nc1ccccc1. The number of nitrogens with zero attached hydrogens (tertiary/aromatic N) is 1. The molecule has 142 valence electrons. The lowest BCUT2D eigenvalue weighted by atomic mass is 10.0. The van der Waals surface area contributed by atoms with Gasteiger partial charge < -0.3 is 19.9 Å². The van der Waals surface area contributed by atoms with Crippen molar-refractivity contribution in [1.29, 1.82) is 0 Å². The molecule has 3 aromatic carbocycles. The number of pyridine rings is 1. The van der Waals surface area contributed by atoms with E-state index in [4.69, 9.17) is 14.5 Å². The van der Waals surface area contributed by atoms with E-state index in [1.165, 1.54) is 0 Å². The van der Waals surface area contributed by atoms with E-state index in [1.54, 1.807) is 14.2 Å². The highest BCUT2D eigenvalue weighted by Crippen LogP contribution is 2.46. The zero-order valence-corrected chi connectivity index (χ0v) is 16.1. The van der Waals surface area contributed by atoms with Crippen LogP contribution in [0, 0.1) is 6.92 Å². The molecule has 4 rings (SSSR count). The summed E-state index contributed by atoms with van der Waals surface area (Å²) < 4.78 is 11.3. The second kappa shape index (κ2) is 7.37. The first kappa shape index (κ1) is 18.1. The van der Waals surface area contributed by atoms with E-state index in [0.29, 0.717) is 22.6 Å². The van der Waals surface area contributed by atoms with Crippen molar-refractivity contribution < 1.29 is 14.6 Å². The second-order valence-corrected chi connectivity index (χ2v) is 6.65. The van der Waals surface area contributed by atoms with Gasteiger partial charge in [-0.05, 0) is 36.8 Å². The number of aliphatic hydroxyl groups is 1. The Morgan fingerprint density at radius 2 is 1.71 bits per heavy atom. The van der Waals surface area contributed by atoms with Gasteiger partial charge in [0.05, 0.1) is 37.5 Å². The minimum atomic E-state index is -0.202. The van der Waals surface area contributed by atoms with Crippen LogP contribution >= 0.6 is 0 Å². The molecule has 1 aromatic heterocycles. The number of rotatable bonds is 5. The quantitative estimate of drug-likeness (QED) is 0.484. The van der Waals surface area contributed by atoms with Crippen LogP contribution in [0.2, 0.25) is 0 Å². The van der Waals surface area contributed by atoms with Crippen LogP contribution in [0.4, 0.5) is 11.4 Å². The van der Waals surface area contributed by atoms with Gasteiger partial charge in [0.2, 0.25) is 0 Å². The maximum absolute atomic E-state index is 10.1. The number of hydrogen-bond donors (Lipinski definition) is 2. The summed E-state index contributed by atoms with van der Waals surface area (Å²) in [5.41, 5.74) is 4.98. The molecule has 0 saturated carbocycles. The number of ether oxygens (including phenoxy) is 2. The highest BCUT2D eigenvalue weighted by Gasteiger charge is 2.22. The van der Waals surface area contributed by atoms with Crippen LogP contribution in [-0.4, -0.2) is 24.3 Å². The maximum Gasteiger partial charge on any atom is 0.185 e. The van der Waals surface area contributed by atoms with Gasteiger partial charge in [0, 0.05) is 22.0 Å². The van der Waals surface area contributed by atoms with E-state index in [9.17, 15) is 5.11 Å². The first-order valence-corrected chi connectivity index (χ1v) is 9.07. The van der Waals surface area contributed by atoms with Crippen LogP contribution in [0.5, 0.6) is 11.5 Å². The van der Waals surface area contributed by atoms with Crippen LogP contribution in [0.15, 0.2) is 54.6 Å². The van der Waals surface area contributed by atoms with E-state index in [-0.39, 0.29) is 6.61 Å². The van der Waals surface area contributed by atoms with Crippen LogP contribution in [0.3, 0.4) is 0 Å². The fourth-order valence-corrected chi connectivity index (χ4v) is 3.53. The number of benzene rings is 3. The largest absolute Gasteiger partial charge is 0.492 e. The third-order valence-electron chi connectivity index (χ3n) is 4.85. The Hall–Kier alpha value is -3.31. The predicted octanol–water partition coefficient (Wildman–Crippen LogP) is 4.95. The van der Waals surface area contributed by atoms with Crippen LogP contribution in [-0.2, 0) is 6.61 Å². The smallest absolute Gasteiger partial charge is 0.185 e. The molecule has 0 radical (unpaired) electrons. The topological polar surface area (TPSA) is 63.6 Å². The van der Waals surface area contributed by atoms with Gasteiger partial charge in [-0.25, -0.2) is 4.98 Å². The lowest BCUT2D eigenvalue weighted by Gasteiger charge is -2.20. The van der Waals surface area contributed by atoms with Crippen LogP contribution < -0.4 is 14.8 Å². The first-order valence-electron chi connectivity index (χ1n) is 9.07. The third kappa shape index (κ3) is 3.00. The van der Waals surface area contributed by atoms with Gasteiger partial charge in [-0.1, -0.05) is 30.3 Å². The molecule has 0 unspecified atom stereocenters. The number of aliphatic hydroxyl groups excluding tert-OH is 1. The Morgan fingerprint density at radius 1 is 0.964 bits per heavy atom. The Labute approximate surface area is 163 Å². The molecule has 0 spiro atoms. The molecule has 4 aromatic rings. The number of hydrogen-bond acceptors (Lipinski definition) is 5. The Kier molecular flexibility index (Phi) is 4.75. The summed E-state index contributed by atoms with van der Waals surface area (Å²) in [7, 11) is 3.17. The number of fused-ring (bicyclic) bond motifs is 2. The molecular formula is C23H22N2O3. The van der Waals surface area contributed by atoms with Crippen molar-refractivity contribution in [1.82, 2.24) is 4.98 Å². The lowest BCUT2D eigenvalue weighted by molar-refractivity contribution is 0.272. The Bertz CT molecular complexity index is 1160. The summed E-state index contributed by atoms with van der Waals surface area (Å²) >= 11 is 0. The molecule has 0 aliphatic carbocycles. The number of nitrogens with one attached hydrogen (secondary N) is 1. The van der Waals surface area contributed by atoms with Gasteiger partial charge in [-0.3, -0.25) is 0 Å². The highest BCUT2D eigenvalue weighted by molar-refractivity contribution is 6.05. The molecule has 0 atom stereocenters. The van der Waals surface area contributed by atoms with Crippen molar-refractivity contribution >= 4 is 33.2 Å². The number of aryl methyl sites for hydroxylation is 1. The van der Waals surface area contributed by atoms with Crippen LogP contribution in [0.1, 0.15) is 11.1 Å². The zero-order valence-electron chi connectivity index (χ0n) is 16.1. The molecule has 0 fully saturated rings. The fourth-order valence-electron chi connectivity index (χ4n) is 3.53. The van der Waals surface area contributed by atoms with Crippen molar-refractivity contribution in [3.05, 3.63) is 65.7 Å². The minimum absolute atomic E-state index is 0.202. The molecule has 28 heavy (non-hydrogen) atoms. The molecular weight excluding hydrogens is 352 g/mol. The van der Waals surface area contributed by atoms with Crippen molar-refractivity contribution in [2.75, 3.05) is 19.5 Å². The summed E-state index contributed by atoms with van der Waals surface area (Å²) in [5, 5.41) is 15.4. The second-order valence-electron chi connectivity index (χ2n) is 6.65. The summed E-state index contributed by atoms with van der Waals surface area (Å²) in [4.78, 5) is 4.86. The first-order chi connectivity index (χ1) is 13.7. The standard InChI is InChI=1S/C23H22N2O3/c1-14-9-10-15-12-17-20(25-19(15)11-14)18(13-26)22(27-2)23(28-3)21(17)24-16-7-5-4-6-8-16/h4-12,24,26H,13H2,1-3H3. The van der Waals surface area contributed by atoms with E-state index < -0.39 is 0 Å². The van der Waals surface area contributed by atoms with Crippen molar-refractivity contribution in [2.24, 2.45) is 0 Å². The monoisotopic (exact) mass is 374 g/mol. The Balaban J connectivity index is 2.10. The summed E-state index contributed by atoms with van der Waals surface area (Å²) in [5.74, 6) is 1.02. The van der Waals surface area contributed by atoms with Gasteiger partial charge in [-0.2, -0.15) is 0 Å². The average molecular weight is 374 g/mol. The summed E-state index contributed by atoms with van der Waals surface area (Å²) in [6.07, 6.45) is 0. The van der Waals surface area contributed by atoms with Gasteiger partial charge in [0.1, 0.15) is 0 Å². The van der Waals surface area contributed by atoms with E-state index in [2.05, 4.69) is 23.5 Å². The molecule has 0 aliphatic heterocycles. The van der Waals surface area contributed by atoms with Crippen molar-refractivity contribution in [2.45, 2.75) is 13.5 Å². The fraction of sp³-hybridized carbons (Fsp3) is 0.174. The van der Waals surface area contributed by atoms with Gasteiger partial charge in [0.25, 0.3) is 0 Å². The molecule has 5 nitrogen and oxygen atoms in total. The number of para-hydroxylation sites is 1. The molecule has 0 aliphatic rings. The van der Waals surface area contributed by atoms with E-state index in [0.717, 1.165) is 33.2 Å². The van der Waals surface area contributed by atoms with E-state index >= 15 is 0 Å². The average Bonchev–Trinajstić information content (AvgIpc) is 2.72. The summed E-state index contributed by atoms with van der Waals surface area (Å²) in [6.45, 7) is 1.83. The van der Waals surface area contributed by atoms with Gasteiger partial charge >= 0.3 is 0 Å². The van der Waals surface area contributed by atoms with Crippen molar-refractivity contribution in [3.8, 4) is 11.5 Å². The third-order valence-corrected chi connectivity index (χ3v) is 4.85. The lowest BCUT2D eigenvalue weighted by Crippen LogP contribution is -2.04. The zero-order chi connectivity index (χ0) is 19.7. The predicted molar refractivity (Wildman–Crippen MR) is 113 cm³/mol. The van der Waals surface area contributed by atoms with Gasteiger partial charge in [-0.15, -0.1) is 0 Å². The highest BCUT2D eigenvalue weighted by atomic mass is 16.5. The number of anilines is 2. The molecule has 0 bridgehead atoms. The molecule has 0 amide bonds. The molecule has 1 heterocycles. The normalized spacial score (nSPS) is 11.0. The molecule has 0 saturated heterocycles. The van der Waals surface area contributed by atoms with Crippen LogP contribution in [0.25, 0.3) is 21.8 Å². The van der Waals surface area contributed by atoms with E-state index in [1.807, 2.05) is 43.3 Å². The number of methoxy groups -OCH3 is 2. The maximum atomic E-state index is 10.1. The van der Waals surface area contributed by atoms with Gasteiger partial charge in [0.15, 0.2) is 11.5 Å². The number of aromatic nitrogens is 1. The minimum Gasteiger partial charge on any atom is -0.492 e. The van der Waals surface area contributed by atoms with Crippen molar-refractivity contribution in [3.63, 3.8) is 0 Å². The molecule has 2 N–H and O–H groups in total. The Morgan fingerprint density at radius 3 is 2.39 bits per heavy atom. The molecule has 5 heteroatoms.